The van der Waals surface area contributed by atoms with E-state index < -0.39 is 10.8 Å². The number of rotatable bonds is 3. The zero-order valence-corrected chi connectivity index (χ0v) is 10.9. The summed E-state index contributed by atoms with van der Waals surface area (Å²) in [6.07, 6.45) is 13.1. The third-order valence-corrected chi connectivity index (χ3v) is 5.57. The highest BCUT2D eigenvalue weighted by molar-refractivity contribution is 7.89. The Hall–Kier alpha value is -0.370. The van der Waals surface area contributed by atoms with Crippen molar-refractivity contribution in [2.75, 3.05) is 0 Å². The van der Waals surface area contributed by atoms with Crippen molar-refractivity contribution in [3.63, 3.8) is 0 Å². The highest BCUT2D eigenvalue weighted by Gasteiger charge is 2.23. The smallest absolute Gasteiger partial charge is 0.0557 e. The third-order valence-electron chi connectivity index (χ3n) is 3.75. The van der Waals surface area contributed by atoms with E-state index in [-0.39, 0.29) is 0 Å². The Balaban J connectivity index is 1.97. The van der Waals surface area contributed by atoms with E-state index in [1.807, 2.05) is 0 Å². The lowest BCUT2D eigenvalue weighted by atomic mass is 9.99. The molecule has 0 saturated heterocycles. The van der Waals surface area contributed by atoms with Crippen molar-refractivity contribution in [2.45, 2.75) is 63.0 Å². The van der Waals surface area contributed by atoms with Gasteiger partial charge >= 0.3 is 0 Å². The van der Waals surface area contributed by atoms with Crippen molar-refractivity contribution in [1.29, 1.82) is 0 Å². The van der Waals surface area contributed by atoms with Crippen molar-refractivity contribution >= 4 is 10.8 Å². The molecule has 0 radical (unpaired) electrons. The molecule has 0 amide bonds. The largest absolute Gasteiger partial charge is 0.254 e. The average molecular weight is 238 g/mol. The summed E-state index contributed by atoms with van der Waals surface area (Å²) in [7, 11) is -0.811. The van der Waals surface area contributed by atoms with Crippen molar-refractivity contribution in [3.05, 3.63) is 23.1 Å². The van der Waals surface area contributed by atoms with Crippen molar-refractivity contribution in [3.8, 4) is 0 Å². The molecule has 0 bridgehead atoms. The predicted molar refractivity (Wildman–Crippen MR) is 70.7 cm³/mol. The Morgan fingerprint density at radius 2 is 1.94 bits per heavy atom. The van der Waals surface area contributed by atoms with Crippen LogP contribution in [0.15, 0.2) is 23.1 Å². The van der Waals surface area contributed by atoms with E-state index in [0.717, 1.165) is 30.6 Å². The molecule has 1 atom stereocenters. The lowest BCUT2D eigenvalue weighted by Crippen LogP contribution is -2.20. The van der Waals surface area contributed by atoms with Gasteiger partial charge in [0.1, 0.15) is 0 Å². The maximum Gasteiger partial charge on any atom is 0.0557 e. The Kier molecular flexibility index (Phi) is 4.39. The molecule has 2 rings (SSSR count). The van der Waals surface area contributed by atoms with Gasteiger partial charge in [-0.1, -0.05) is 31.9 Å². The summed E-state index contributed by atoms with van der Waals surface area (Å²) in [5.74, 6) is 0. The van der Waals surface area contributed by atoms with Gasteiger partial charge in [-0.3, -0.25) is 4.21 Å². The lowest BCUT2D eigenvalue weighted by Gasteiger charge is -2.23. The van der Waals surface area contributed by atoms with Gasteiger partial charge in [-0.2, -0.15) is 0 Å². The van der Waals surface area contributed by atoms with Gasteiger partial charge in [0.2, 0.25) is 0 Å². The molecule has 16 heavy (non-hydrogen) atoms. The maximum atomic E-state index is 12.4. The second-order valence-corrected chi connectivity index (χ2v) is 6.71. The highest BCUT2D eigenvalue weighted by atomic mass is 32.2. The molecule has 0 N–H and O–H groups in total. The standard InChI is InChI=1S/C14H22OS/c1-12(13-8-4-2-5-9-13)16(15)14-10-6-3-7-11-14/h8,14H,1-7,9-11H2. The quantitative estimate of drug-likeness (QED) is 0.724. The molecule has 0 heterocycles. The summed E-state index contributed by atoms with van der Waals surface area (Å²) in [4.78, 5) is 0.937. The first kappa shape index (κ1) is 12.1. The molecule has 1 fully saturated rings. The van der Waals surface area contributed by atoms with Crippen molar-refractivity contribution < 1.29 is 4.21 Å². The fraction of sp³-hybridized carbons (Fsp3) is 0.714. The molecule has 0 aliphatic heterocycles. The van der Waals surface area contributed by atoms with E-state index in [4.69, 9.17) is 0 Å². The molecule has 90 valence electrons. The zero-order chi connectivity index (χ0) is 11.4. The van der Waals surface area contributed by atoms with Crippen LogP contribution in [-0.2, 0) is 10.8 Å². The molecule has 2 heteroatoms. The molecular weight excluding hydrogens is 216 g/mol. The molecule has 0 spiro atoms. The summed E-state index contributed by atoms with van der Waals surface area (Å²) in [5.41, 5.74) is 1.29. The van der Waals surface area contributed by atoms with Gasteiger partial charge < -0.3 is 0 Å². The summed E-state index contributed by atoms with van der Waals surface area (Å²) in [6.45, 7) is 4.09. The second kappa shape index (κ2) is 5.81. The first-order chi connectivity index (χ1) is 7.79. The van der Waals surface area contributed by atoms with Crippen molar-refractivity contribution in [1.82, 2.24) is 0 Å². The van der Waals surface area contributed by atoms with E-state index in [1.165, 1.54) is 37.7 Å². The molecular formula is C14H22OS. The minimum Gasteiger partial charge on any atom is -0.254 e. The van der Waals surface area contributed by atoms with Crippen LogP contribution in [0.25, 0.3) is 0 Å². The van der Waals surface area contributed by atoms with Crippen LogP contribution >= 0.6 is 0 Å². The fourth-order valence-corrected chi connectivity index (χ4v) is 4.31. The summed E-state index contributed by atoms with van der Waals surface area (Å²) in [5, 5.41) is 0.393. The Morgan fingerprint density at radius 3 is 2.56 bits per heavy atom. The predicted octanol–water partition coefficient (Wildman–Crippen LogP) is 4.08. The van der Waals surface area contributed by atoms with Gasteiger partial charge in [-0.25, -0.2) is 0 Å². The molecule has 1 unspecified atom stereocenters. The van der Waals surface area contributed by atoms with Crippen LogP contribution in [0.2, 0.25) is 0 Å². The Bertz CT molecular complexity index is 311. The zero-order valence-electron chi connectivity index (χ0n) is 10.0. The van der Waals surface area contributed by atoms with Crippen molar-refractivity contribution in [2.24, 2.45) is 0 Å². The molecule has 2 aliphatic carbocycles. The minimum atomic E-state index is -0.811. The molecule has 1 saturated carbocycles. The van der Waals surface area contributed by atoms with Crippen LogP contribution in [0.5, 0.6) is 0 Å². The summed E-state index contributed by atoms with van der Waals surface area (Å²) in [6, 6.07) is 0. The van der Waals surface area contributed by atoms with Gasteiger partial charge in [0.15, 0.2) is 0 Å². The van der Waals surface area contributed by atoms with Gasteiger partial charge in [-0.05, 0) is 44.1 Å². The maximum absolute atomic E-state index is 12.4. The van der Waals surface area contributed by atoms with Gasteiger partial charge in [0.25, 0.3) is 0 Å². The number of hydrogen-bond donors (Lipinski definition) is 0. The average Bonchev–Trinajstić information content (AvgIpc) is 2.39. The van der Waals surface area contributed by atoms with E-state index in [9.17, 15) is 4.21 Å². The van der Waals surface area contributed by atoms with E-state index in [2.05, 4.69) is 12.7 Å². The van der Waals surface area contributed by atoms with Crippen LogP contribution in [-0.4, -0.2) is 9.46 Å². The summed E-state index contributed by atoms with van der Waals surface area (Å²) < 4.78 is 12.4. The first-order valence-electron chi connectivity index (χ1n) is 6.58. The molecule has 2 aliphatic rings. The first-order valence-corrected chi connectivity index (χ1v) is 7.79. The SMILES string of the molecule is C=C(C1=CCCCC1)S(=O)C1CCCCC1. The van der Waals surface area contributed by atoms with Crippen LogP contribution in [0, 0.1) is 0 Å². The van der Waals surface area contributed by atoms with Crippen LogP contribution in [0.4, 0.5) is 0 Å². The molecule has 0 aromatic heterocycles. The Morgan fingerprint density at radius 1 is 1.19 bits per heavy atom. The van der Waals surface area contributed by atoms with Crippen LogP contribution in [0.3, 0.4) is 0 Å². The molecule has 0 aromatic rings. The number of hydrogen-bond acceptors (Lipinski definition) is 1. The fourth-order valence-electron chi connectivity index (χ4n) is 2.70. The monoisotopic (exact) mass is 238 g/mol. The van der Waals surface area contributed by atoms with Gasteiger partial charge in [-0.15, -0.1) is 0 Å². The second-order valence-electron chi connectivity index (χ2n) is 4.96. The lowest BCUT2D eigenvalue weighted by molar-refractivity contribution is 0.506. The normalized spacial score (nSPS) is 24.9. The molecule has 0 aromatic carbocycles. The van der Waals surface area contributed by atoms with Crippen LogP contribution < -0.4 is 0 Å². The number of allylic oxidation sites excluding steroid dienone is 2. The molecule has 1 nitrogen and oxygen atoms in total. The van der Waals surface area contributed by atoms with Gasteiger partial charge in [0.05, 0.1) is 10.8 Å². The Labute approximate surface area is 101 Å². The van der Waals surface area contributed by atoms with Crippen LogP contribution in [0.1, 0.15) is 57.8 Å². The van der Waals surface area contributed by atoms with E-state index >= 15 is 0 Å². The highest BCUT2D eigenvalue weighted by Crippen LogP contribution is 2.30. The minimum absolute atomic E-state index is 0.393. The topological polar surface area (TPSA) is 17.1 Å². The van der Waals surface area contributed by atoms with E-state index in [0.29, 0.717) is 5.25 Å². The summed E-state index contributed by atoms with van der Waals surface area (Å²) >= 11 is 0. The van der Waals surface area contributed by atoms with E-state index in [1.54, 1.807) is 0 Å². The third kappa shape index (κ3) is 2.85. The van der Waals surface area contributed by atoms with Gasteiger partial charge in [0, 0.05) is 10.2 Å².